The monoisotopic (exact) mass is 299 g/mol. The van der Waals surface area contributed by atoms with Gasteiger partial charge in [0.05, 0.1) is 0 Å². The van der Waals surface area contributed by atoms with Crippen LogP contribution in [0.5, 0.6) is 0 Å². The first-order chi connectivity index (χ1) is 9.85. The van der Waals surface area contributed by atoms with E-state index in [9.17, 15) is 13.2 Å². The fourth-order valence-electron chi connectivity index (χ4n) is 2.09. The first-order valence-corrected chi connectivity index (χ1v) is 6.55. The van der Waals surface area contributed by atoms with Gasteiger partial charge in [-0.15, -0.1) is 5.10 Å². The molecule has 0 aliphatic carbocycles. The zero-order chi connectivity index (χ0) is 15.5. The van der Waals surface area contributed by atoms with Crippen LogP contribution in [-0.4, -0.2) is 26.4 Å². The lowest BCUT2D eigenvalue weighted by Crippen LogP contribution is -2.08. The van der Waals surface area contributed by atoms with Gasteiger partial charge < -0.3 is 5.73 Å². The number of tetrazole rings is 1. The molecule has 2 N–H and O–H groups in total. The van der Waals surface area contributed by atoms with Crippen molar-refractivity contribution in [3.8, 4) is 11.4 Å². The van der Waals surface area contributed by atoms with E-state index in [1.165, 1.54) is 4.68 Å². The summed E-state index contributed by atoms with van der Waals surface area (Å²) in [6.07, 6.45) is -4.49. The van der Waals surface area contributed by atoms with E-state index in [1.807, 2.05) is 19.1 Å². The molecule has 0 saturated carbocycles. The molecule has 1 aromatic heterocycles. The number of hydrogen-bond donors (Lipinski definition) is 1. The maximum atomic E-state index is 12.1. The predicted molar refractivity (Wildman–Crippen MR) is 72.3 cm³/mol. The van der Waals surface area contributed by atoms with Gasteiger partial charge in [0.15, 0.2) is 5.82 Å². The number of hydrogen-bond acceptors (Lipinski definition) is 4. The van der Waals surface area contributed by atoms with E-state index >= 15 is 0 Å². The number of nitrogen functional groups attached to an aromatic ring is 1. The Hall–Kier alpha value is -2.12. The Labute approximate surface area is 119 Å². The molecule has 8 heteroatoms. The maximum Gasteiger partial charge on any atom is 0.389 e. The SMILES string of the molecule is Cc1cc(N)cc(-c2nnnn2CCCCC(F)(F)F)c1. The minimum Gasteiger partial charge on any atom is -0.399 e. The molecule has 2 aromatic rings. The highest BCUT2D eigenvalue weighted by Crippen LogP contribution is 2.24. The van der Waals surface area contributed by atoms with E-state index < -0.39 is 12.6 Å². The number of aromatic nitrogens is 4. The Kier molecular flexibility index (Phi) is 4.44. The summed E-state index contributed by atoms with van der Waals surface area (Å²) in [5.74, 6) is 0.511. The molecule has 0 aliphatic rings. The van der Waals surface area contributed by atoms with Crippen LogP contribution in [-0.2, 0) is 6.54 Å². The molecule has 0 unspecified atom stereocenters. The van der Waals surface area contributed by atoms with Crippen molar-refractivity contribution in [1.82, 2.24) is 20.2 Å². The van der Waals surface area contributed by atoms with Crippen molar-refractivity contribution < 1.29 is 13.2 Å². The molecular formula is C13H16F3N5. The first-order valence-electron chi connectivity index (χ1n) is 6.55. The zero-order valence-electron chi connectivity index (χ0n) is 11.6. The summed E-state index contributed by atoms with van der Waals surface area (Å²) >= 11 is 0. The number of halogens is 3. The minimum atomic E-state index is -4.12. The highest BCUT2D eigenvalue weighted by atomic mass is 19.4. The lowest BCUT2D eigenvalue weighted by molar-refractivity contribution is -0.135. The predicted octanol–water partition coefficient (Wildman–Crippen LogP) is 2.96. The van der Waals surface area contributed by atoms with Crippen molar-refractivity contribution in [2.45, 2.75) is 38.9 Å². The second kappa shape index (κ2) is 6.11. The molecule has 5 nitrogen and oxygen atoms in total. The number of alkyl halides is 3. The second-order valence-corrected chi connectivity index (χ2v) is 4.93. The van der Waals surface area contributed by atoms with E-state index in [2.05, 4.69) is 15.5 Å². The molecule has 0 radical (unpaired) electrons. The van der Waals surface area contributed by atoms with Crippen molar-refractivity contribution in [1.29, 1.82) is 0 Å². The van der Waals surface area contributed by atoms with Crippen molar-refractivity contribution >= 4 is 5.69 Å². The van der Waals surface area contributed by atoms with Crippen molar-refractivity contribution in [2.75, 3.05) is 5.73 Å². The van der Waals surface area contributed by atoms with Crippen LogP contribution < -0.4 is 5.73 Å². The van der Waals surface area contributed by atoms with Gasteiger partial charge in [-0.25, -0.2) is 4.68 Å². The molecule has 0 atom stereocenters. The number of nitrogens with two attached hydrogens (primary N) is 1. The van der Waals surface area contributed by atoms with Gasteiger partial charge >= 0.3 is 6.18 Å². The maximum absolute atomic E-state index is 12.1. The van der Waals surface area contributed by atoms with Gasteiger partial charge in [-0.3, -0.25) is 0 Å². The Morgan fingerprint density at radius 3 is 2.62 bits per heavy atom. The highest BCUT2D eigenvalue weighted by Gasteiger charge is 2.25. The smallest absolute Gasteiger partial charge is 0.389 e. The molecule has 0 amide bonds. The molecule has 0 fully saturated rings. The van der Waals surface area contributed by atoms with Crippen LogP contribution >= 0.6 is 0 Å². The van der Waals surface area contributed by atoms with Gasteiger partial charge in [-0.1, -0.05) is 0 Å². The summed E-state index contributed by atoms with van der Waals surface area (Å²) in [4.78, 5) is 0. The zero-order valence-corrected chi connectivity index (χ0v) is 11.6. The second-order valence-electron chi connectivity index (χ2n) is 4.93. The number of rotatable bonds is 5. The molecule has 0 saturated heterocycles. The average molecular weight is 299 g/mol. The number of nitrogens with zero attached hydrogens (tertiary/aromatic N) is 4. The normalized spacial score (nSPS) is 11.8. The van der Waals surface area contributed by atoms with Crippen LogP contribution in [0.3, 0.4) is 0 Å². The van der Waals surface area contributed by atoms with Crippen LogP contribution in [0.4, 0.5) is 18.9 Å². The van der Waals surface area contributed by atoms with Gasteiger partial charge in [0.25, 0.3) is 0 Å². The third-order valence-electron chi connectivity index (χ3n) is 2.97. The van der Waals surface area contributed by atoms with Crippen LogP contribution in [0.15, 0.2) is 18.2 Å². The van der Waals surface area contributed by atoms with Crippen LogP contribution in [0, 0.1) is 6.92 Å². The Balaban J connectivity index is 2.05. The van der Waals surface area contributed by atoms with E-state index in [4.69, 9.17) is 5.73 Å². The lowest BCUT2D eigenvalue weighted by atomic mass is 10.1. The highest BCUT2D eigenvalue weighted by molar-refractivity contribution is 5.62. The molecule has 0 spiro atoms. The summed E-state index contributed by atoms with van der Waals surface area (Å²) in [5, 5.41) is 11.3. The molecule has 1 heterocycles. The largest absolute Gasteiger partial charge is 0.399 e. The van der Waals surface area contributed by atoms with Crippen LogP contribution in [0.1, 0.15) is 24.8 Å². The summed E-state index contributed by atoms with van der Waals surface area (Å²) in [6.45, 7) is 2.24. The fraction of sp³-hybridized carbons (Fsp3) is 0.462. The van der Waals surface area contributed by atoms with Crippen molar-refractivity contribution in [2.24, 2.45) is 0 Å². The number of unbranched alkanes of at least 4 members (excludes halogenated alkanes) is 1. The molecule has 114 valence electrons. The molecule has 0 aliphatic heterocycles. The Bertz CT molecular complexity index is 586. The van der Waals surface area contributed by atoms with Gasteiger partial charge in [0.2, 0.25) is 0 Å². The third kappa shape index (κ3) is 4.44. The lowest BCUT2D eigenvalue weighted by Gasteiger charge is -2.08. The van der Waals surface area contributed by atoms with Crippen LogP contribution in [0.2, 0.25) is 0 Å². The van der Waals surface area contributed by atoms with Crippen molar-refractivity contribution in [3.05, 3.63) is 23.8 Å². The first kappa shape index (κ1) is 15.3. The van der Waals surface area contributed by atoms with Gasteiger partial charge in [0, 0.05) is 24.2 Å². The minimum absolute atomic E-state index is 0.0543. The molecule has 0 bridgehead atoms. The summed E-state index contributed by atoms with van der Waals surface area (Å²) in [5.41, 5.74) is 8.10. The van der Waals surface area contributed by atoms with Crippen LogP contribution in [0.25, 0.3) is 11.4 Å². The van der Waals surface area contributed by atoms with Gasteiger partial charge in [-0.2, -0.15) is 13.2 Å². The molecular weight excluding hydrogens is 283 g/mol. The van der Waals surface area contributed by atoms with E-state index in [0.717, 1.165) is 11.1 Å². The Morgan fingerprint density at radius 1 is 1.19 bits per heavy atom. The quantitative estimate of drug-likeness (QED) is 0.680. The molecule has 2 rings (SSSR count). The average Bonchev–Trinajstić information content (AvgIpc) is 2.80. The standard InChI is InChI=1S/C13H16F3N5/c1-9-6-10(8-11(17)7-9)12-18-19-20-21(12)5-3-2-4-13(14,15)16/h6-8H,2-5,17H2,1H3. The van der Waals surface area contributed by atoms with E-state index in [1.54, 1.807) is 6.07 Å². The summed E-state index contributed by atoms with van der Waals surface area (Å²) in [7, 11) is 0. The third-order valence-corrected chi connectivity index (χ3v) is 2.97. The van der Waals surface area contributed by atoms with E-state index in [-0.39, 0.29) is 6.42 Å². The summed E-state index contributed by atoms with van der Waals surface area (Å²) < 4.78 is 37.8. The summed E-state index contributed by atoms with van der Waals surface area (Å²) in [6, 6.07) is 5.44. The molecule has 21 heavy (non-hydrogen) atoms. The number of benzene rings is 1. The number of aryl methyl sites for hydroxylation is 2. The Morgan fingerprint density at radius 2 is 1.95 bits per heavy atom. The topological polar surface area (TPSA) is 69.6 Å². The van der Waals surface area contributed by atoms with Crippen molar-refractivity contribution in [3.63, 3.8) is 0 Å². The fourth-order valence-corrected chi connectivity index (χ4v) is 2.09. The van der Waals surface area contributed by atoms with Gasteiger partial charge in [0.1, 0.15) is 0 Å². The van der Waals surface area contributed by atoms with E-state index in [0.29, 0.717) is 24.5 Å². The molecule has 1 aromatic carbocycles. The van der Waals surface area contributed by atoms with Gasteiger partial charge in [-0.05, 0) is 54.0 Å². The number of anilines is 1.